The van der Waals surface area contributed by atoms with Crippen LogP contribution in [-0.4, -0.2) is 30.7 Å². The van der Waals surface area contributed by atoms with Crippen molar-refractivity contribution >= 4 is 0 Å². The van der Waals surface area contributed by atoms with Gasteiger partial charge in [0.15, 0.2) is 6.29 Å². The van der Waals surface area contributed by atoms with E-state index in [2.05, 4.69) is 0 Å². The van der Waals surface area contributed by atoms with Crippen LogP contribution in [0.3, 0.4) is 0 Å². The molecular formula is C7H14O3. The Bertz CT molecular complexity index is 86.9. The van der Waals surface area contributed by atoms with Gasteiger partial charge in [-0.15, -0.1) is 0 Å². The Labute approximate surface area is 60.9 Å². The quantitative estimate of drug-likeness (QED) is 0.617. The number of rotatable bonds is 2. The summed E-state index contributed by atoms with van der Waals surface area (Å²) in [6, 6.07) is 0. The normalized spacial score (nSPS) is 34.2. The molecule has 1 fully saturated rings. The minimum absolute atomic E-state index is 0.0756. The monoisotopic (exact) mass is 146 g/mol. The number of ether oxygens (including phenoxy) is 2. The number of aliphatic hydroxyl groups is 1. The molecule has 1 heterocycles. The van der Waals surface area contributed by atoms with Crippen molar-refractivity contribution in [2.24, 2.45) is 0 Å². The molecule has 0 spiro atoms. The Morgan fingerprint density at radius 3 is 2.90 bits per heavy atom. The van der Waals surface area contributed by atoms with Crippen molar-refractivity contribution in [1.29, 1.82) is 0 Å². The van der Waals surface area contributed by atoms with Crippen molar-refractivity contribution in [2.45, 2.75) is 32.2 Å². The Morgan fingerprint density at radius 1 is 1.60 bits per heavy atom. The lowest BCUT2D eigenvalue weighted by Crippen LogP contribution is -2.30. The van der Waals surface area contributed by atoms with Gasteiger partial charge in [-0.1, -0.05) is 0 Å². The van der Waals surface area contributed by atoms with Crippen LogP contribution in [0.15, 0.2) is 0 Å². The summed E-state index contributed by atoms with van der Waals surface area (Å²) in [6.45, 7) is 3.04. The Kier molecular flexibility index (Phi) is 3.12. The summed E-state index contributed by atoms with van der Waals surface area (Å²) in [4.78, 5) is 0. The lowest BCUT2D eigenvalue weighted by Gasteiger charge is -2.25. The van der Waals surface area contributed by atoms with E-state index >= 15 is 0 Å². The molecule has 3 heteroatoms. The molecule has 0 bridgehead atoms. The van der Waals surface area contributed by atoms with E-state index < -0.39 is 0 Å². The average Bonchev–Trinajstić information content (AvgIpc) is 1.95. The maximum atomic E-state index is 9.01. The second-order valence-corrected chi connectivity index (χ2v) is 2.45. The van der Waals surface area contributed by atoms with Gasteiger partial charge in [0.05, 0.1) is 12.7 Å². The van der Waals surface area contributed by atoms with Crippen molar-refractivity contribution in [3.8, 4) is 0 Å². The van der Waals surface area contributed by atoms with Gasteiger partial charge in [0.2, 0.25) is 0 Å². The van der Waals surface area contributed by atoms with E-state index in [-0.39, 0.29) is 12.4 Å². The molecular weight excluding hydrogens is 132 g/mol. The minimum atomic E-state index is -0.281. The predicted octanol–water partition coefficient (Wildman–Crippen LogP) is 0.520. The van der Waals surface area contributed by atoms with Crippen LogP contribution in [0.1, 0.15) is 19.8 Å². The highest BCUT2D eigenvalue weighted by atomic mass is 16.7. The molecule has 0 aliphatic carbocycles. The van der Waals surface area contributed by atoms with E-state index in [1.54, 1.807) is 0 Å². The van der Waals surface area contributed by atoms with E-state index in [1.807, 2.05) is 6.92 Å². The fraction of sp³-hybridized carbons (Fsp3) is 1.00. The maximum absolute atomic E-state index is 9.01. The largest absolute Gasteiger partial charge is 0.391 e. The van der Waals surface area contributed by atoms with Crippen LogP contribution in [0.25, 0.3) is 0 Å². The molecule has 0 amide bonds. The highest BCUT2D eigenvalue weighted by Crippen LogP contribution is 2.13. The fourth-order valence-corrected chi connectivity index (χ4v) is 1.03. The summed E-state index contributed by atoms with van der Waals surface area (Å²) in [5.41, 5.74) is 0. The van der Waals surface area contributed by atoms with Crippen molar-refractivity contribution in [3.63, 3.8) is 0 Å². The Morgan fingerprint density at radius 2 is 2.40 bits per heavy atom. The van der Waals surface area contributed by atoms with Crippen LogP contribution in [0.4, 0.5) is 0 Å². The summed E-state index contributed by atoms with van der Waals surface area (Å²) >= 11 is 0. The molecule has 0 saturated carbocycles. The van der Waals surface area contributed by atoms with E-state index in [4.69, 9.17) is 14.6 Å². The van der Waals surface area contributed by atoms with Crippen molar-refractivity contribution in [3.05, 3.63) is 0 Å². The van der Waals surface area contributed by atoms with Gasteiger partial charge in [-0.25, -0.2) is 0 Å². The molecule has 3 nitrogen and oxygen atoms in total. The number of hydrogen-bond donors (Lipinski definition) is 1. The van der Waals surface area contributed by atoms with Gasteiger partial charge in [-0.2, -0.15) is 0 Å². The van der Waals surface area contributed by atoms with Crippen LogP contribution >= 0.6 is 0 Å². The molecule has 2 atom stereocenters. The maximum Gasteiger partial charge on any atom is 0.157 e. The third-order valence-electron chi connectivity index (χ3n) is 1.56. The van der Waals surface area contributed by atoms with Crippen molar-refractivity contribution < 1.29 is 14.6 Å². The Balaban J connectivity index is 2.13. The van der Waals surface area contributed by atoms with Crippen molar-refractivity contribution in [1.82, 2.24) is 0 Å². The smallest absolute Gasteiger partial charge is 0.157 e. The van der Waals surface area contributed by atoms with Crippen LogP contribution in [0.2, 0.25) is 0 Å². The van der Waals surface area contributed by atoms with Crippen molar-refractivity contribution in [2.75, 3.05) is 13.2 Å². The van der Waals surface area contributed by atoms with Gasteiger partial charge in [0.25, 0.3) is 0 Å². The van der Waals surface area contributed by atoms with Crippen LogP contribution in [0, 0.1) is 0 Å². The molecule has 1 saturated heterocycles. The number of aliphatic hydroxyl groups excluding tert-OH is 1. The van der Waals surface area contributed by atoms with Gasteiger partial charge < -0.3 is 14.6 Å². The summed E-state index contributed by atoms with van der Waals surface area (Å²) in [6.07, 6.45) is 1.25. The zero-order valence-electron chi connectivity index (χ0n) is 6.25. The molecule has 1 aliphatic heterocycles. The lowest BCUT2D eigenvalue weighted by atomic mass is 10.1. The molecule has 0 unspecified atom stereocenters. The van der Waals surface area contributed by atoms with E-state index in [0.29, 0.717) is 13.2 Å². The third-order valence-corrected chi connectivity index (χ3v) is 1.56. The SMILES string of the molecule is CCO[C@H]1CC[C@@H](O)CO1. The summed E-state index contributed by atoms with van der Waals surface area (Å²) in [5.74, 6) is 0. The minimum Gasteiger partial charge on any atom is -0.391 e. The van der Waals surface area contributed by atoms with Gasteiger partial charge >= 0.3 is 0 Å². The lowest BCUT2D eigenvalue weighted by molar-refractivity contribution is -0.184. The standard InChI is InChI=1S/C7H14O3/c1-2-9-7-4-3-6(8)5-10-7/h6-8H,2-5H2,1H3/t6-,7-/m1/s1. The first-order valence-corrected chi connectivity index (χ1v) is 3.74. The molecule has 0 aromatic rings. The van der Waals surface area contributed by atoms with Crippen LogP contribution in [-0.2, 0) is 9.47 Å². The van der Waals surface area contributed by atoms with Crippen LogP contribution in [0.5, 0.6) is 0 Å². The predicted molar refractivity (Wildman–Crippen MR) is 36.6 cm³/mol. The van der Waals surface area contributed by atoms with Gasteiger partial charge in [0.1, 0.15) is 0 Å². The summed E-state index contributed by atoms with van der Waals surface area (Å²) < 4.78 is 10.4. The topological polar surface area (TPSA) is 38.7 Å². The zero-order valence-corrected chi connectivity index (χ0v) is 6.25. The molecule has 10 heavy (non-hydrogen) atoms. The second-order valence-electron chi connectivity index (χ2n) is 2.45. The third kappa shape index (κ3) is 2.25. The molecule has 0 aromatic carbocycles. The number of hydrogen-bond acceptors (Lipinski definition) is 3. The van der Waals surface area contributed by atoms with E-state index in [1.165, 1.54) is 0 Å². The highest BCUT2D eigenvalue weighted by Gasteiger charge is 2.19. The molecule has 0 aromatic heterocycles. The van der Waals surface area contributed by atoms with E-state index in [9.17, 15) is 0 Å². The Hall–Kier alpha value is -0.120. The fourth-order valence-electron chi connectivity index (χ4n) is 1.03. The van der Waals surface area contributed by atoms with Gasteiger partial charge in [0, 0.05) is 13.0 Å². The summed E-state index contributed by atoms with van der Waals surface area (Å²) in [7, 11) is 0. The molecule has 1 rings (SSSR count). The van der Waals surface area contributed by atoms with Crippen LogP contribution < -0.4 is 0 Å². The second kappa shape index (κ2) is 3.91. The molecule has 0 radical (unpaired) electrons. The average molecular weight is 146 g/mol. The first kappa shape index (κ1) is 7.98. The molecule has 1 N–H and O–H groups in total. The first-order chi connectivity index (χ1) is 4.83. The molecule has 1 aliphatic rings. The molecule has 60 valence electrons. The summed E-state index contributed by atoms with van der Waals surface area (Å²) in [5, 5.41) is 9.01. The van der Waals surface area contributed by atoms with Gasteiger partial charge in [-0.05, 0) is 13.3 Å². The zero-order chi connectivity index (χ0) is 7.40. The van der Waals surface area contributed by atoms with Gasteiger partial charge in [-0.3, -0.25) is 0 Å². The van der Waals surface area contributed by atoms with E-state index in [0.717, 1.165) is 12.8 Å². The first-order valence-electron chi connectivity index (χ1n) is 3.74. The highest BCUT2D eigenvalue weighted by molar-refractivity contribution is 4.62.